The lowest BCUT2D eigenvalue weighted by Crippen LogP contribution is -2.25. The highest BCUT2D eigenvalue weighted by Crippen LogP contribution is 2.22. The molecule has 0 heterocycles. The van der Waals surface area contributed by atoms with E-state index in [0.29, 0.717) is 15.9 Å². The van der Waals surface area contributed by atoms with Gasteiger partial charge in [-0.25, -0.2) is 13.1 Å². The molecule has 0 aliphatic heterocycles. The monoisotopic (exact) mass is 305 g/mol. The molecule has 0 spiro atoms. The first-order chi connectivity index (χ1) is 7.47. The molecule has 0 aromatic heterocycles. The van der Waals surface area contributed by atoms with Crippen molar-refractivity contribution in [3.05, 3.63) is 28.2 Å². The molecule has 16 heavy (non-hydrogen) atoms. The van der Waals surface area contributed by atoms with E-state index in [-0.39, 0.29) is 0 Å². The van der Waals surface area contributed by atoms with Crippen LogP contribution in [0, 0.1) is 6.92 Å². The Morgan fingerprint density at radius 2 is 2.06 bits per heavy atom. The molecule has 90 valence electrons. The van der Waals surface area contributed by atoms with Crippen molar-refractivity contribution in [2.45, 2.75) is 31.6 Å². The number of aryl methyl sites for hydroxylation is 1. The first-order valence-corrected chi connectivity index (χ1v) is 7.51. The topological polar surface area (TPSA) is 46.2 Å². The lowest BCUT2D eigenvalue weighted by molar-refractivity contribution is 0.578. The van der Waals surface area contributed by atoms with Gasteiger partial charge in [-0.05, 0) is 47.0 Å². The number of nitrogens with one attached hydrogen (secondary N) is 1. The lowest BCUT2D eigenvalue weighted by Gasteiger charge is -2.08. The Balaban J connectivity index is 2.90. The normalized spacial score (nSPS) is 11.7. The van der Waals surface area contributed by atoms with Crippen molar-refractivity contribution in [3.8, 4) is 0 Å². The first kappa shape index (κ1) is 13.7. The summed E-state index contributed by atoms with van der Waals surface area (Å²) in [6, 6.07) is 5.21. The van der Waals surface area contributed by atoms with Crippen molar-refractivity contribution in [1.29, 1.82) is 0 Å². The summed E-state index contributed by atoms with van der Waals surface area (Å²) >= 11 is 3.27. The molecule has 0 amide bonds. The zero-order valence-electron chi connectivity index (χ0n) is 9.46. The van der Waals surface area contributed by atoms with Crippen LogP contribution in [0.4, 0.5) is 0 Å². The molecule has 0 unspecified atom stereocenters. The highest BCUT2D eigenvalue weighted by molar-refractivity contribution is 9.10. The molecular weight excluding hydrogens is 290 g/mol. The zero-order valence-corrected chi connectivity index (χ0v) is 11.9. The zero-order chi connectivity index (χ0) is 12.2. The maximum atomic E-state index is 11.9. The summed E-state index contributed by atoms with van der Waals surface area (Å²) < 4.78 is 27.0. The van der Waals surface area contributed by atoms with Crippen LogP contribution in [0.15, 0.2) is 27.6 Å². The number of halogens is 1. The van der Waals surface area contributed by atoms with Gasteiger partial charge in [0, 0.05) is 11.0 Å². The summed E-state index contributed by atoms with van der Waals surface area (Å²) in [4.78, 5) is 0.300. The average Bonchev–Trinajstić information content (AvgIpc) is 2.17. The van der Waals surface area contributed by atoms with E-state index >= 15 is 0 Å². The molecule has 0 aliphatic rings. The second-order valence-electron chi connectivity index (χ2n) is 3.69. The summed E-state index contributed by atoms with van der Waals surface area (Å²) in [6.45, 7) is 4.43. The summed E-state index contributed by atoms with van der Waals surface area (Å²) in [6.07, 6.45) is 1.82. The SMILES string of the molecule is CCCCNS(=O)(=O)c1ccc(C)cc1Br. The van der Waals surface area contributed by atoms with Gasteiger partial charge in [-0.3, -0.25) is 0 Å². The van der Waals surface area contributed by atoms with Gasteiger partial charge in [0.25, 0.3) is 0 Å². The molecule has 0 saturated carbocycles. The highest BCUT2D eigenvalue weighted by atomic mass is 79.9. The molecule has 1 aromatic carbocycles. The standard InChI is InChI=1S/C11H16BrNO2S/c1-3-4-7-13-16(14,15)11-6-5-9(2)8-10(11)12/h5-6,8,13H,3-4,7H2,1-2H3. The van der Waals surface area contributed by atoms with Gasteiger partial charge in [-0.2, -0.15) is 0 Å². The number of rotatable bonds is 5. The first-order valence-electron chi connectivity index (χ1n) is 5.23. The molecule has 0 bridgehead atoms. The van der Waals surface area contributed by atoms with Gasteiger partial charge in [0.1, 0.15) is 0 Å². The Kier molecular flexibility index (Phi) is 4.95. The minimum Gasteiger partial charge on any atom is -0.211 e. The van der Waals surface area contributed by atoms with E-state index in [2.05, 4.69) is 20.7 Å². The summed E-state index contributed by atoms with van der Waals surface area (Å²) in [7, 11) is -3.38. The average molecular weight is 306 g/mol. The molecule has 3 nitrogen and oxygen atoms in total. The van der Waals surface area contributed by atoms with Gasteiger partial charge in [0.05, 0.1) is 4.90 Å². The predicted octanol–water partition coefficient (Wildman–Crippen LogP) is 2.84. The van der Waals surface area contributed by atoms with Crippen LogP contribution in [0.5, 0.6) is 0 Å². The Hall–Kier alpha value is -0.390. The van der Waals surface area contributed by atoms with Crippen LogP contribution in [0.3, 0.4) is 0 Å². The Morgan fingerprint density at radius 1 is 1.38 bits per heavy atom. The molecule has 5 heteroatoms. The number of hydrogen-bond donors (Lipinski definition) is 1. The Morgan fingerprint density at radius 3 is 2.62 bits per heavy atom. The molecule has 0 aliphatic carbocycles. The fourth-order valence-electron chi connectivity index (χ4n) is 1.28. The van der Waals surface area contributed by atoms with Gasteiger partial charge in [-0.15, -0.1) is 0 Å². The lowest BCUT2D eigenvalue weighted by atomic mass is 10.2. The maximum absolute atomic E-state index is 11.9. The predicted molar refractivity (Wildman–Crippen MR) is 69.0 cm³/mol. The van der Waals surface area contributed by atoms with E-state index in [0.717, 1.165) is 18.4 Å². The molecule has 0 saturated heterocycles. The Bertz CT molecular complexity index is 457. The van der Waals surface area contributed by atoms with Crippen molar-refractivity contribution >= 4 is 26.0 Å². The van der Waals surface area contributed by atoms with Crippen LogP contribution in [0.1, 0.15) is 25.3 Å². The fourth-order valence-corrected chi connectivity index (χ4v) is 3.55. The number of unbranched alkanes of at least 4 members (excludes halogenated alkanes) is 1. The van der Waals surface area contributed by atoms with Gasteiger partial charge in [0.2, 0.25) is 10.0 Å². The van der Waals surface area contributed by atoms with Crippen LogP contribution in [-0.2, 0) is 10.0 Å². The number of hydrogen-bond acceptors (Lipinski definition) is 2. The van der Waals surface area contributed by atoms with Crippen molar-refractivity contribution in [1.82, 2.24) is 4.72 Å². The molecule has 0 radical (unpaired) electrons. The van der Waals surface area contributed by atoms with Gasteiger partial charge >= 0.3 is 0 Å². The second kappa shape index (κ2) is 5.80. The fraction of sp³-hybridized carbons (Fsp3) is 0.455. The van der Waals surface area contributed by atoms with Crippen LogP contribution < -0.4 is 4.72 Å². The van der Waals surface area contributed by atoms with E-state index in [1.165, 1.54) is 0 Å². The second-order valence-corrected chi connectivity index (χ2v) is 6.27. The Labute approximate surface area is 105 Å². The van der Waals surface area contributed by atoms with Crippen molar-refractivity contribution in [3.63, 3.8) is 0 Å². The minimum atomic E-state index is -3.38. The van der Waals surface area contributed by atoms with Gasteiger partial charge < -0.3 is 0 Å². The van der Waals surface area contributed by atoms with Crippen molar-refractivity contribution in [2.24, 2.45) is 0 Å². The largest absolute Gasteiger partial charge is 0.241 e. The third kappa shape index (κ3) is 3.57. The van der Waals surface area contributed by atoms with E-state index in [4.69, 9.17) is 0 Å². The van der Waals surface area contributed by atoms with Crippen LogP contribution in [0.25, 0.3) is 0 Å². The molecule has 1 aromatic rings. The van der Waals surface area contributed by atoms with E-state index < -0.39 is 10.0 Å². The van der Waals surface area contributed by atoms with Gasteiger partial charge in [0.15, 0.2) is 0 Å². The smallest absolute Gasteiger partial charge is 0.211 e. The van der Waals surface area contributed by atoms with E-state index in [1.807, 2.05) is 13.8 Å². The molecular formula is C11H16BrNO2S. The quantitative estimate of drug-likeness (QED) is 0.850. The minimum absolute atomic E-state index is 0.300. The summed E-state index contributed by atoms with van der Waals surface area (Å²) in [5, 5.41) is 0. The molecule has 0 atom stereocenters. The van der Waals surface area contributed by atoms with Crippen LogP contribution in [0.2, 0.25) is 0 Å². The van der Waals surface area contributed by atoms with Crippen LogP contribution in [-0.4, -0.2) is 15.0 Å². The maximum Gasteiger partial charge on any atom is 0.241 e. The highest BCUT2D eigenvalue weighted by Gasteiger charge is 2.16. The molecule has 0 fully saturated rings. The van der Waals surface area contributed by atoms with Crippen molar-refractivity contribution < 1.29 is 8.42 Å². The molecule has 1 rings (SSSR count). The third-order valence-corrected chi connectivity index (χ3v) is 4.64. The van der Waals surface area contributed by atoms with E-state index in [1.54, 1.807) is 18.2 Å². The van der Waals surface area contributed by atoms with Crippen molar-refractivity contribution in [2.75, 3.05) is 6.54 Å². The third-order valence-electron chi connectivity index (χ3n) is 2.20. The van der Waals surface area contributed by atoms with Crippen LogP contribution >= 0.6 is 15.9 Å². The number of benzene rings is 1. The number of sulfonamides is 1. The summed E-state index contributed by atoms with van der Waals surface area (Å²) in [5.41, 5.74) is 1.03. The van der Waals surface area contributed by atoms with Gasteiger partial charge in [-0.1, -0.05) is 19.4 Å². The van der Waals surface area contributed by atoms with E-state index in [9.17, 15) is 8.42 Å². The molecule has 1 N–H and O–H groups in total. The summed E-state index contributed by atoms with van der Waals surface area (Å²) in [5.74, 6) is 0.